The zero-order chi connectivity index (χ0) is 14.2. The zero-order valence-electron chi connectivity index (χ0n) is 12.0. The van der Waals surface area contributed by atoms with Crippen LogP contribution in [0.4, 0.5) is 0 Å². The molecule has 0 fully saturated rings. The van der Waals surface area contributed by atoms with Crippen molar-refractivity contribution >= 4 is 11.8 Å². The van der Waals surface area contributed by atoms with E-state index in [1.165, 1.54) is 0 Å². The lowest BCUT2D eigenvalue weighted by atomic mass is 10.1. The molecule has 0 radical (unpaired) electrons. The summed E-state index contributed by atoms with van der Waals surface area (Å²) < 4.78 is 0. The van der Waals surface area contributed by atoms with Gasteiger partial charge in [-0.25, -0.2) is 0 Å². The van der Waals surface area contributed by atoms with E-state index in [1.807, 2.05) is 27.7 Å². The third-order valence-corrected chi connectivity index (χ3v) is 2.25. The molecular weight excluding hydrogens is 230 g/mol. The molecular formula is C13H27N3O2. The number of nitrogens with one attached hydrogen (secondary N) is 2. The third-order valence-electron chi connectivity index (χ3n) is 2.25. The van der Waals surface area contributed by atoms with Gasteiger partial charge in [0, 0.05) is 31.0 Å². The van der Waals surface area contributed by atoms with E-state index in [9.17, 15) is 9.59 Å². The maximum absolute atomic E-state index is 11.5. The van der Waals surface area contributed by atoms with Crippen molar-refractivity contribution in [2.75, 3.05) is 6.54 Å². The van der Waals surface area contributed by atoms with Gasteiger partial charge in [0.2, 0.25) is 11.8 Å². The molecule has 0 saturated heterocycles. The Morgan fingerprint density at radius 1 is 1.17 bits per heavy atom. The van der Waals surface area contributed by atoms with Crippen molar-refractivity contribution in [3.05, 3.63) is 0 Å². The Labute approximate surface area is 110 Å². The largest absolute Gasteiger partial charge is 0.356 e. The van der Waals surface area contributed by atoms with Gasteiger partial charge in [0.05, 0.1) is 0 Å². The number of rotatable bonds is 7. The molecule has 0 aliphatic rings. The van der Waals surface area contributed by atoms with Crippen LogP contribution in [0.5, 0.6) is 0 Å². The van der Waals surface area contributed by atoms with E-state index in [4.69, 9.17) is 5.73 Å². The average Bonchev–Trinajstić information content (AvgIpc) is 2.13. The van der Waals surface area contributed by atoms with Gasteiger partial charge in [0.15, 0.2) is 0 Å². The van der Waals surface area contributed by atoms with E-state index >= 15 is 0 Å². The van der Waals surface area contributed by atoms with Gasteiger partial charge in [-0.3, -0.25) is 9.59 Å². The van der Waals surface area contributed by atoms with Crippen LogP contribution in [0.2, 0.25) is 0 Å². The first-order valence-corrected chi connectivity index (χ1v) is 6.54. The first-order chi connectivity index (χ1) is 8.20. The number of hydrogen-bond acceptors (Lipinski definition) is 3. The molecule has 5 heteroatoms. The van der Waals surface area contributed by atoms with Gasteiger partial charge >= 0.3 is 0 Å². The van der Waals surface area contributed by atoms with E-state index in [-0.39, 0.29) is 23.4 Å². The first kappa shape index (κ1) is 16.9. The number of nitrogens with two attached hydrogens (primary N) is 1. The lowest BCUT2D eigenvalue weighted by Crippen LogP contribution is -2.41. The summed E-state index contributed by atoms with van der Waals surface area (Å²) in [4.78, 5) is 22.9. The SMILES string of the molecule is CC(N)CCCC(=O)NCCC(=O)NC(C)(C)C. The standard InChI is InChI=1S/C13H27N3O2/c1-10(14)6-5-7-11(17)15-9-8-12(18)16-13(2,3)4/h10H,5-9,14H2,1-4H3,(H,15,17)(H,16,18). The molecule has 0 saturated carbocycles. The van der Waals surface area contributed by atoms with Crippen LogP contribution in [0, 0.1) is 0 Å². The molecule has 0 rings (SSSR count). The van der Waals surface area contributed by atoms with Gasteiger partial charge in [-0.15, -0.1) is 0 Å². The molecule has 0 aliphatic carbocycles. The van der Waals surface area contributed by atoms with Gasteiger partial charge < -0.3 is 16.4 Å². The molecule has 0 aromatic heterocycles. The molecule has 0 aliphatic heterocycles. The van der Waals surface area contributed by atoms with Crippen molar-refractivity contribution in [1.82, 2.24) is 10.6 Å². The topological polar surface area (TPSA) is 84.2 Å². The molecule has 0 heterocycles. The van der Waals surface area contributed by atoms with Crippen molar-refractivity contribution < 1.29 is 9.59 Å². The molecule has 0 spiro atoms. The van der Waals surface area contributed by atoms with Crippen molar-refractivity contribution in [3.63, 3.8) is 0 Å². The second-order valence-electron chi connectivity index (χ2n) is 5.77. The second kappa shape index (κ2) is 8.08. The van der Waals surface area contributed by atoms with Crippen molar-refractivity contribution in [2.24, 2.45) is 5.73 Å². The minimum absolute atomic E-state index is 0.0146. The lowest BCUT2D eigenvalue weighted by Gasteiger charge is -2.20. The Balaban J connectivity index is 3.59. The molecule has 4 N–H and O–H groups in total. The molecule has 1 atom stereocenters. The average molecular weight is 257 g/mol. The van der Waals surface area contributed by atoms with E-state index in [1.54, 1.807) is 0 Å². The minimum Gasteiger partial charge on any atom is -0.356 e. The lowest BCUT2D eigenvalue weighted by molar-refractivity contribution is -0.123. The Bertz CT molecular complexity index is 270. The summed E-state index contributed by atoms with van der Waals surface area (Å²) in [5.41, 5.74) is 5.37. The Hall–Kier alpha value is -1.10. The van der Waals surface area contributed by atoms with Gasteiger partial charge in [-0.05, 0) is 40.5 Å². The smallest absolute Gasteiger partial charge is 0.222 e. The highest BCUT2D eigenvalue weighted by molar-refractivity contribution is 5.79. The van der Waals surface area contributed by atoms with E-state index in [2.05, 4.69) is 10.6 Å². The van der Waals surface area contributed by atoms with Crippen LogP contribution in [-0.4, -0.2) is 29.9 Å². The minimum atomic E-state index is -0.224. The van der Waals surface area contributed by atoms with Gasteiger partial charge in [0.25, 0.3) is 0 Å². The molecule has 0 bridgehead atoms. The van der Waals surface area contributed by atoms with Crippen LogP contribution < -0.4 is 16.4 Å². The summed E-state index contributed by atoms with van der Waals surface area (Å²) in [6.07, 6.45) is 2.42. The van der Waals surface area contributed by atoms with Crippen molar-refractivity contribution in [3.8, 4) is 0 Å². The van der Waals surface area contributed by atoms with Crippen LogP contribution in [0.15, 0.2) is 0 Å². The fourth-order valence-electron chi connectivity index (χ4n) is 1.47. The number of carbonyl (C=O) groups is 2. The Morgan fingerprint density at radius 2 is 1.78 bits per heavy atom. The maximum Gasteiger partial charge on any atom is 0.222 e. The predicted molar refractivity (Wildman–Crippen MR) is 73.0 cm³/mol. The first-order valence-electron chi connectivity index (χ1n) is 6.54. The molecule has 1 unspecified atom stereocenters. The van der Waals surface area contributed by atoms with Crippen LogP contribution >= 0.6 is 0 Å². The van der Waals surface area contributed by atoms with Gasteiger partial charge in [-0.2, -0.15) is 0 Å². The Kier molecular flexibility index (Phi) is 7.59. The summed E-state index contributed by atoms with van der Waals surface area (Å²) in [6.45, 7) is 8.10. The van der Waals surface area contributed by atoms with E-state index in [0.717, 1.165) is 12.8 Å². The van der Waals surface area contributed by atoms with Crippen LogP contribution in [0.3, 0.4) is 0 Å². The fraction of sp³-hybridized carbons (Fsp3) is 0.846. The van der Waals surface area contributed by atoms with Crippen molar-refractivity contribution in [1.29, 1.82) is 0 Å². The normalized spacial score (nSPS) is 12.9. The van der Waals surface area contributed by atoms with Gasteiger partial charge in [-0.1, -0.05) is 0 Å². The number of hydrogen-bond donors (Lipinski definition) is 3. The monoisotopic (exact) mass is 257 g/mol. The van der Waals surface area contributed by atoms with Crippen LogP contribution in [0.25, 0.3) is 0 Å². The zero-order valence-corrected chi connectivity index (χ0v) is 12.0. The second-order valence-corrected chi connectivity index (χ2v) is 5.77. The molecule has 106 valence electrons. The molecule has 2 amide bonds. The van der Waals surface area contributed by atoms with E-state index < -0.39 is 0 Å². The summed E-state index contributed by atoms with van der Waals surface area (Å²) in [6, 6.07) is 0.135. The summed E-state index contributed by atoms with van der Waals surface area (Å²) in [5.74, 6) is -0.0578. The third kappa shape index (κ3) is 11.4. The van der Waals surface area contributed by atoms with E-state index in [0.29, 0.717) is 19.4 Å². The molecule has 5 nitrogen and oxygen atoms in total. The molecule has 0 aromatic carbocycles. The molecule has 18 heavy (non-hydrogen) atoms. The highest BCUT2D eigenvalue weighted by Gasteiger charge is 2.13. The number of amides is 2. The summed E-state index contributed by atoms with van der Waals surface area (Å²) in [5, 5.41) is 5.58. The predicted octanol–water partition coefficient (Wildman–Crippen LogP) is 0.925. The highest BCUT2D eigenvalue weighted by Crippen LogP contribution is 1.99. The highest BCUT2D eigenvalue weighted by atomic mass is 16.2. The molecule has 0 aromatic rings. The summed E-state index contributed by atoms with van der Waals surface area (Å²) >= 11 is 0. The fourth-order valence-corrected chi connectivity index (χ4v) is 1.47. The summed E-state index contributed by atoms with van der Waals surface area (Å²) in [7, 11) is 0. The quantitative estimate of drug-likeness (QED) is 0.634. The maximum atomic E-state index is 11.5. The van der Waals surface area contributed by atoms with Crippen LogP contribution in [0.1, 0.15) is 53.4 Å². The van der Waals surface area contributed by atoms with Crippen molar-refractivity contribution in [2.45, 2.75) is 65.0 Å². The van der Waals surface area contributed by atoms with Crippen LogP contribution in [-0.2, 0) is 9.59 Å². The van der Waals surface area contributed by atoms with Gasteiger partial charge in [0.1, 0.15) is 0 Å². The number of carbonyl (C=O) groups excluding carboxylic acids is 2. The Morgan fingerprint density at radius 3 is 2.28 bits per heavy atom.